The molecule has 9 heteroatoms. The number of aliphatic hydroxyl groups is 2. The first-order valence-electron chi connectivity index (χ1n) is 8.91. The summed E-state index contributed by atoms with van der Waals surface area (Å²) in [7, 11) is 0. The molecule has 0 radical (unpaired) electrons. The van der Waals surface area contributed by atoms with Crippen molar-refractivity contribution in [2.75, 3.05) is 13.1 Å². The maximum atomic E-state index is 12.0. The molecule has 2 rings (SSSR count). The van der Waals surface area contributed by atoms with Crippen LogP contribution in [0.4, 0.5) is 0 Å². The zero-order chi connectivity index (χ0) is 21.3. The van der Waals surface area contributed by atoms with Crippen LogP contribution in [-0.4, -0.2) is 66.2 Å². The molecule has 0 heterocycles. The molecule has 0 atom stereocenters. The van der Waals surface area contributed by atoms with E-state index in [1.807, 2.05) is 12.1 Å². The molecule has 0 spiro atoms. The van der Waals surface area contributed by atoms with E-state index in [0.717, 1.165) is 0 Å². The van der Waals surface area contributed by atoms with E-state index in [2.05, 4.69) is 9.98 Å². The van der Waals surface area contributed by atoms with Crippen molar-refractivity contribution in [3.8, 4) is 0 Å². The Morgan fingerprint density at radius 1 is 0.759 bits per heavy atom. The van der Waals surface area contributed by atoms with Gasteiger partial charge in [0, 0.05) is 0 Å². The number of carbonyl (C=O) groups excluding carboxylic acids is 2. The van der Waals surface area contributed by atoms with Crippen molar-refractivity contribution >= 4 is 42.9 Å². The third-order valence-corrected chi connectivity index (χ3v) is 7.72. The van der Waals surface area contributed by atoms with Gasteiger partial charge in [-0.15, -0.1) is 0 Å². The summed E-state index contributed by atoms with van der Waals surface area (Å²) in [5.74, 6) is -1.56. The minimum absolute atomic E-state index is 0.149. The molecule has 0 aromatic heterocycles. The van der Waals surface area contributed by atoms with Gasteiger partial charge in [0.25, 0.3) is 0 Å². The van der Waals surface area contributed by atoms with Crippen LogP contribution in [0.3, 0.4) is 0 Å². The number of nitrogens with one attached hydrogen (secondary N) is 2. The van der Waals surface area contributed by atoms with Gasteiger partial charge in [-0.05, 0) is 0 Å². The standard InChI is InChI=1S/2C9H9NO3.2CH3.Sn/c2*11-8(12)6-10-9(13)7-4-2-1-3-5-7;;;/h2*1-5H,6H2,(H,10,13)(H,11,12);2*1H3;/q;;;;+2. The maximum absolute atomic E-state index is 12.0. The molecule has 0 saturated heterocycles. The van der Waals surface area contributed by atoms with Crippen molar-refractivity contribution in [1.82, 2.24) is 0 Å². The van der Waals surface area contributed by atoms with Crippen LogP contribution in [0.25, 0.3) is 0 Å². The molecular weight excluding hydrogens is 483 g/mol. The van der Waals surface area contributed by atoms with Crippen LogP contribution in [0, 0.1) is 0 Å². The molecular formula is C20H24N2O6Sn+2. The van der Waals surface area contributed by atoms with Gasteiger partial charge in [-0.3, -0.25) is 0 Å². The average Bonchev–Trinajstić information content (AvgIpc) is 2.70. The fourth-order valence-electron chi connectivity index (χ4n) is 2.35. The van der Waals surface area contributed by atoms with Crippen LogP contribution < -0.4 is 9.98 Å². The fraction of sp³-hybridized carbons (Fsp3) is 0.200. The predicted molar refractivity (Wildman–Crippen MR) is 108 cm³/mol. The average molecular weight is 507 g/mol. The van der Waals surface area contributed by atoms with Crippen molar-refractivity contribution in [2.45, 2.75) is 9.88 Å². The molecule has 0 unspecified atom stereocenters. The van der Waals surface area contributed by atoms with Gasteiger partial charge in [0.2, 0.25) is 0 Å². The number of rotatable bonds is 8. The second kappa shape index (κ2) is 10.6. The second-order valence-corrected chi connectivity index (χ2v) is 15.6. The summed E-state index contributed by atoms with van der Waals surface area (Å²) in [6.45, 7) is -0.529. The molecule has 152 valence electrons. The Balaban J connectivity index is 1.85. The van der Waals surface area contributed by atoms with Gasteiger partial charge in [0.1, 0.15) is 0 Å². The number of hydrogen-bond acceptors (Lipinski definition) is 4. The molecule has 2 aromatic rings. The van der Waals surface area contributed by atoms with Crippen LogP contribution in [0.1, 0.15) is 11.1 Å². The zero-order valence-corrected chi connectivity index (χ0v) is 19.1. The Hall–Kier alpha value is -2.88. The van der Waals surface area contributed by atoms with Crippen LogP contribution in [0.5, 0.6) is 0 Å². The van der Waals surface area contributed by atoms with Gasteiger partial charge in [-0.1, -0.05) is 0 Å². The van der Waals surface area contributed by atoms with Crippen LogP contribution >= 0.6 is 0 Å². The molecule has 0 aliphatic carbocycles. The molecule has 0 aliphatic heterocycles. The summed E-state index contributed by atoms with van der Waals surface area (Å²) in [6, 6.07) is 17.4. The third-order valence-electron chi connectivity index (χ3n) is 3.61. The van der Waals surface area contributed by atoms with E-state index in [-0.39, 0.29) is 24.9 Å². The molecule has 0 bridgehead atoms. The minimum atomic E-state index is -3.90. The summed E-state index contributed by atoms with van der Waals surface area (Å²) < 4.78 is 10.7. The Labute approximate surface area is 173 Å². The molecule has 2 aromatic carbocycles. The van der Waals surface area contributed by atoms with Crippen LogP contribution in [0.15, 0.2) is 60.7 Å². The van der Waals surface area contributed by atoms with E-state index >= 15 is 0 Å². The van der Waals surface area contributed by atoms with E-state index in [1.165, 1.54) is 0 Å². The van der Waals surface area contributed by atoms with Crippen molar-refractivity contribution in [1.29, 1.82) is 0 Å². The summed E-state index contributed by atoms with van der Waals surface area (Å²) in [4.78, 5) is 32.4. The van der Waals surface area contributed by atoms with E-state index in [9.17, 15) is 19.8 Å². The van der Waals surface area contributed by atoms with Crippen molar-refractivity contribution < 1.29 is 35.9 Å². The number of carbonyl (C=O) groups is 2. The van der Waals surface area contributed by atoms with Gasteiger partial charge >= 0.3 is 174 Å². The molecule has 0 saturated carbocycles. The monoisotopic (exact) mass is 508 g/mol. The van der Waals surface area contributed by atoms with Gasteiger partial charge in [0.15, 0.2) is 0 Å². The summed E-state index contributed by atoms with van der Waals surface area (Å²) in [6.07, 6.45) is 0. The van der Waals surface area contributed by atoms with Crippen molar-refractivity contribution in [3.05, 3.63) is 71.8 Å². The van der Waals surface area contributed by atoms with Gasteiger partial charge in [-0.2, -0.15) is 0 Å². The van der Waals surface area contributed by atoms with Crippen molar-refractivity contribution in [2.24, 2.45) is 0 Å². The summed E-state index contributed by atoms with van der Waals surface area (Å²) in [5.41, 5.74) is 1.07. The first kappa shape index (κ1) is 22.4. The van der Waals surface area contributed by atoms with Gasteiger partial charge < -0.3 is 0 Å². The first-order valence-corrected chi connectivity index (χ1v) is 16.9. The molecule has 8 nitrogen and oxygen atoms in total. The molecule has 4 N–H and O–H groups in total. The van der Waals surface area contributed by atoms with E-state index in [1.54, 1.807) is 58.4 Å². The van der Waals surface area contributed by atoms with Gasteiger partial charge in [-0.25, -0.2) is 0 Å². The van der Waals surface area contributed by atoms with Crippen molar-refractivity contribution in [3.63, 3.8) is 0 Å². The fourth-order valence-corrected chi connectivity index (χ4v) is 6.01. The Morgan fingerprint density at radius 2 is 1.10 bits per heavy atom. The van der Waals surface area contributed by atoms with E-state index in [4.69, 9.17) is 6.15 Å². The summed E-state index contributed by atoms with van der Waals surface area (Å²) in [5, 5.41) is 19.8. The Bertz CT molecular complexity index is 824. The van der Waals surface area contributed by atoms with Crippen LogP contribution in [0.2, 0.25) is 9.88 Å². The molecule has 29 heavy (non-hydrogen) atoms. The second-order valence-electron chi connectivity index (χ2n) is 6.48. The Morgan fingerprint density at radius 3 is 1.45 bits per heavy atom. The van der Waals surface area contributed by atoms with Crippen LogP contribution in [-0.2, 0) is 15.7 Å². The normalized spacial score (nSPS) is 12.3. The van der Waals surface area contributed by atoms with Gasteiger partial charge in [0.05, 0.1) is 0 Å². The Kier molecular flexibility index (Phi) is 8.19. The third kappa shape index (κ3) is 7.94. The number of benzene rings is 2. The molecule has 0 fully saturated rings. The first-order chi connectivity index (χ1) is 13.8. The number of aliphatic hydroxyl groups excluding tert-OH is 2. The molecule has 0 aliphatic rings. The summed E-state index contributed by atoms with van der Waals surface area (Å²) >= 11 is -3.90. The quantitative estimate of drug-likeness (QED) is 0.206. The molecule has 0 amide bonds. The SMILES string of the molecule is [CH3][Sn]([CH3])([O]C(=O)C[NH+]=C(O)c1ccccc1)[O]C(=O)C[NH+]=C(O)c1ccccc1. The number of hydrogen-bond donors (Lipinski definition) is 4. The zero-order valence-electron chi connectivity index (χ0n) is 16.2. The predicted octanol–water partition coefficient (Wildman–Crippen LogP) is -1.05. The van der Waals surface area contributed by atoms with E-state index in [0.29, 0.717) is 11.1 Å². The topological polar surface area (TPSA) is 121 Å². The van der Waals surface area contributed by atoms with E-state index < -0.39 is 31.1 Å².